The minimum atomic E-state index is -1.33. The predicted molar refractivity (Wildman–Crippen MR) is 83.2 cm³/mol. The molecule has 130 valence electrons. The maximum atomic E-state index is 12.2. The molecule has 1 aliphatic heterocycles. The highest BCUT2D eigenvalue weighted by Crippen LogP contribution is 2.25. The van der Waals surface area contributed by atoms with Crippen molar-refractivity contribution in [2.75, 3.05) is 26.4 Å². The lowest BCUT2D eigenvalue weighted by molar-refractivity contribution is -0.157. The number of esters is 1. The van der Waals surface area contributed by atoms with Gasteiger partial charge in [0.05, 0.1) is 13.2 Å². The van der Waals surface area contributed by atoms with E-state index in [-0.39, 0.29) is 31.2 Å². The van der Waals surface area contributed by atoms with Gasteiger partial charge in [-0.1, -0.05) is 11.8 Å². The smallest absolute Gasteiger partial charge is 0.340 e. The Kier molecular flexibility index (Phi) is 8.82. The average Bonchev–Trinajstić information content (AvgIpc) is 2.60. The number of ether oxygens (including phenoxy) is 2. The van der Waals surface area contributed by atoms with Crippen LogP contribution >= 0.6 is 11.8 Å². The highest BCUT2D eigenvalue weighted by atomic mass is 32.2. The standard InChI is InChI=1S/C14H22N2O6S/c1-2-21-7-8-22-14(20)13-16(11(18)9-15)10(17)5-3-4-6-12(19)23-13/h13H,2-9,15H2,1H3/t13-/m0/s1. The summed E-state index contributed by atoms with van der Waals surface area (Å²) in [6.45, 7) is 2.03. The average molecular weight is 346 g/mol. The van der Waals surface area contributed by atoms with E-state index in [0.717, 1.165) is 4.90 Å². The summed E-state index contributed by atoms with van der Waals surface area (Å²) in [5.41, 5.74) is 5.32. The molecule has 23 heavy (non-hydrogen) atoms. The Bertz CT molecular complexity index is 457. The summed E-state index contributed by atoms with van der Waals surface area (Å²) in [6, 6.07) is 0. The molecular weight excluding hydrogens is 324 g/mol. The number of rotatable bonds is 6. The van der Waals surface area contributed by atoms with Gasteiger partial charge in [0, 0.05) is 19.4 Å². The lowest BCUT2D eigenvalue weighted by Crippen LogP contribution is -2.50. The van der Waals surface area contributed by atoms with Crippen molar-refractivity contribution in [1.29, 1.82) is 0 Å². The first-order valence-electron chi connectivity index (χ1n) is 7.50. The Balaban J connectivity index is 2.90. The largest absolute Gasteiger partial charge is 0.461 e. The monoisotopic (exact) mass is 346 g/mol. The van der Waals surface area contributed by atoms with Crippen LogP contribution in [0.5, 0.6) is 0 Å². The van der Waals surface area contributed by atoms with Crippen LogP contribution < -0.4 is 5.73 Å². The van der Waals surface area contributed by atoms with Crippen LogP contribution in [-0.2, 0) is 28.7 Å². The van der Waals surface area contributed by atoms with Crippen LogP contribution in [0.4, 0.5) is 0 Å². The SMILES string of the molecule is CCOCCOC(=O)[C@@H]1SC(=O)CCCCC(=O)N1C(=O)CN. The minimum absolute atomic E-state index is 0.0171. The second-order valence-electron chi connectivity index (χ2n) is 4.78. The molecule has 1 saturated heterocycles. The van der Waals surface area contributed by atoms with Crippen molar-refractivity contribution < 1.29 is 28.7 Å². The van der Waals surface area contributed by atoms with Crippen LogP contribution in [0.2, 0.25) is 0 Å². The first-order valence-corrected chi connectivity index (χ1v) is 8.38. The maximum absolute atomic E-state index is 12.2. The van der Waals surface area contributed by atoms with Gasteiger partial charge in [0.1, 0.15) is 6.61 Å². The van der Waals surface area contributed by atoms with Gasteiger partial charge in [-0.25, -0.2) is 4.79 Å². The van der Waals surface area contributed by atoms with Crippen molar-refractivity contribution in [2.45, 2.75) is 38.0 Å². The zero-order valence-corrected chi connectivity index (χ0v) is 13.9. The number of amides is 2. The van der Waals surface area contributed by atoms with E-state index < -0.39 is 29.7 Å². The number of hydrogen-bond acceptors (Lipinski definition) is 8. The Morgan fingerprint density at radius 3 is 2.61 bits per heavy atom. The first-order chi connectivity index (χ1) is 11.0. The van der Waals surface area contributed by atoms with Gasteiger partial charge in [-0.15, -0.1) is 0 Å². The Hall–Kier alpha value is -1.45. The van der Waals surface area contributed by atoms with Crippen LogP contribution in [0.25, 0.3) is 0 Å². The molecule has 0 aliphatic carbocycles. The van der Waals surface area contributed by atoms with Gasteiger partial charge in [0.15, 0.2) is 10.5 Å². The summed E-state index contributed by atoms with van der Waals surface area (Å²) in [4.78, 5) is 49.1. The summed E-state index contributed by atoms with van der Waals surface area (Å²) >= 11 is 0.636. The molecule has 1 aliphatic rings. The molecule has 2 amide bonds. The zero-order chi connectivity index (χ0) is 17.2. The Morgan fingerprint density at radius 2 is 1.96 bits per heavy atom. The summed E-state index contributed by atoms with van der Waals surface area (Å²) < 4.78 is 10.1. The topological polar surface area (TPSA) is 116 Å². The van der Waals surface area contributed by atoms with Crippen LogP contribution in [-0.4, -0.2) is 59.5 Å². The summed E-state index contributed by atoms with van der Waals surface area (Å²) in [5.74, 6) is -2.04. The predicted octanol–water partition coefficient (Wildman–Crippen LogP) is 0.0399. The van der Waals surface area contributed by atoms with Crippen LogP contribution in [0, 0.1) is 0 Å². The minimum Gasteiger partial charge on any atom is -0.461 e. The fourth-order valence-corrected chi connectivity index (χ4v) is 2.99. The molecule has 0 spiro atoms. The van der Waals surface area contributed by atoms with Crippen molar-refractivity contribution in [2.24, 2.45) is 5.73 Å². The van der Waals surface area contributed by atoms with E-state index in [0.29, 0.717) is 31.2 Å². The van der Waals surface area contributed by atoms with Crippen molar-refractivity contribution >= 4 is 34.7 Å². The number of nitrogens with zero attached hydrogens (tertiary/aromatic N) is 1. The van der Waals surface area contributed by atoms with E-state index in [1.165, 1.54) is 0 Å². The van der Waals surface area contributed by atoms with Crippen LogP contribution in [0.15, 0.2) is 0 Å². The Morgan fingerprint density at radius 1 is 1.26 bits per heavy atom. The molecule has 1 rings (SSSR count). The van der Waals surface area contributed by atoms with E-state index >= 15 is 0 Å². The quantitative estimate of drug-likeness (QED) is 0.529. The van der Waals surface area contributed by atoms with Gasteiger partial charge in [0.2, 0.25) is 11.8 Å². The third-order valence-electron chi connectivity index (χ3n) is 3.09. The molecule has 0 aromatic rings. The molecule has 0 aromatic heterocycles. The molecule has 1 atom stereocenters. The van der Waals surface area contributed by atoms with Crippen molar-refractivity contribution in [3.63, 3.8) is 0 Å². The van der Waals surface area contributed by atoms with E-state index in [1.54, 1.807) is 6.92 Å². The molecule has 0 unspecified atom stereocenters. The van der Waals surface area contributed by atoms with Gasteiger partial charge in [-0.3, -0.25) is 19.3 Å². The van der Waals surface area contributed by atoms with Crippen LogP contribution in [0.3, 0.4) is 0 Å². The number of hydrogen-bond donors (Lipinski definition) is 1. The molecular formula is C14H22N2O6S. The summed E-state index contributed by atoms with van der Waals surface area (Å²) in [5, 5.41) is -1.59. The van der Waals surface area contributed by atoms with Gasteiger partial charge in [0.25, 0.3) is 0 Å². The van der Waals surface area contributed by atoms with E-state index in [9.17, 15) is 19.2 Å². The number of carbonyl (C=O) groups is 4. The normalized spacial score (nSPS) is 19.7. The van der Waals surface area contributed by atoms with Gasteiger partial charge in [-0.05, 0) is 19.8 Å². The van der Waals surface area contributed by atoms with Crippen molar-refractivity contribution in [1.82, 2.24) is 4.90 Å². The highest BCUT2D eigenvalue weighted by molar-refractivity contribution is 8.14. The second-order valence-corrected chi connectivity index (χ2v) is 5.91. The van der Waals surface area contributed by atoms with Gasteiger partial charge in [-0.2, -0.15) is 0 Å². The molecule has 0 aromatic carbocycles. The number of carbonyl (C=O) groups excluding carboxylic acids is 4. The van der Waals surface area contributed by atoms with Crippen LogP contribution in [0.1, 0.15) is 32.6 Å². The maximum Gasteiger partial charge on any atom is 0.340 e. The third-order valence-corrected chi connectivity index (χ3v) is 4.18. The van der Waals surface area contributed by atoms with E-state index in [1.807, 2.05) is 0 Å². The second kappa shape index (κ2) is 10.3. The summed E-state index contributed by atoms with van der Waals surface area (Å²) in [6.07, 6.45) is 1.34. The lowest BCUT2D eigenvalue weighted by Gasteiger charge is -2.26. The third kappa shape index (κ3) is 6.28. The molecule has 0 saturated carbocycles. The lowest BCUT2D eigenvalue weighted by atomic mass is 10.2. The van der Waals surface area contributed by atoms with Crippen molar-refractivity contribution in [3.05, 3.63) is 0 Å². The fourth-order valence-electron chi connectivity index (χ4n) is 1.97. The first kappa shape index (κ1) is 19.6. The Labute approximate surface area is 139 Å². The highest BCUT2D eigenvalue weighted by Gasteiger charge is 2.37. The van der Waals surface area contributed by atoms with Gasteiger partial charge >= 0.3 is 5.97 Å². The number of thioether (sulfide) groups is 1. The van der Waals surface area contributed by atoms with E-state index in [2.05, 4.69) is 0 Å². The van der Waals surface area contributed by atoms with E-state index in [4.69, 9.17) is 15.2 Å². The number of imide groups is 1. The number of nitrogens with two attached hydrogens (primary N) is 1. The van der Waals surface area contributed by atoms with Crippen molar-refractivity contribution in [3.8, 4) is 0 Å². The molecule has 0 bridgehead atoms. The molecule has 1 fully saturated rings. The fraction of sp³-hybridized carbons (Fsp3) is 0.714. The molecule has 0 radical (unpaired) electrons. The molecule has 9 heteroatoms. The zero-order valence-electron chi connectivity index (χ0n) is 13.1. The van der Waals surface area contributed by atoms with Gasteiger partial charge < -0.3 is 15.2 Å². The summed E-state index contributed by atoms with van der Waals surface area (Å²) in [7, 11) is 0. The molecule has 2 N–H and O–H groups in total. The molecule has 8 nitrogen and oxygen atoms in total. The molecule has 1 heterocycles.